The number of aromatic carboxylic acids is 1. The molecule has 0 unspecified atom stereocenters. The number of rotatable bonds is 7. The van der Waals surface area contributed by atoms with E-state index in [1.165, 1.54) is 0 Å². The highest BCUT2D eigenvalue weighted by molar-refractivity contribution is 7.80. The van der Waals surface area contributed by atoms with Crippen molar-refractivity contribution in [2.45, 2.75) is 19.0 Å². The van der Waals surface area contributed by atoms with E-state index in [1.807, 2.05) is 37.3 Å². The normalized spacial score (nSPS) is 18.3. The molecular weight excluding hydrogens is 414 g/mol. The van der Waals surface area contributed by atoms with Crippen LogP contribution in [0, 0.1) is 6.92 Å². The predicted octanol–water partition coefficient (Wildman–Crippen LogP) is 3.97. The van der Waals surface area contributed by atoms with E-state index >= 15 is 0 Å². The number of methoxy groups -OCH3 is 1. The number of aromatic nitrogens is 1. The van der Waals surface area contributed by atoms with Crippen molar-refractivity contribution in [1.82, 2.24) is 15.2 Å². The van der Waals surface area contributed by atoms with Crippen LogP contribution in [0.2, 0.25) is 0 Å². The molecule has 0 bridgehead atoms. The van der Waals surface area contributed by atoms with Crippen molar-refractivity contribution in [2.24, 2.45) is 0 Å². The summed E-state index contributed by atoms with van der Waals surface area (Å²) in [6.45, 7) is 3.01. The van der Waals surface area contributed by atoms with Gasteiger partial charge in [-0.15, -0.1) is 0 Å². The molecule has 1 aliphatic rings. The van der Waals surface area contributed by atoms with Gasteiger partial charge in [0.15, 0.2) is 5.11 Å². The van der Waals surface area contributed by atoms with Gasteiger partial charge in [0.05, 0.1) is 23.9 Å². The molecule has 0 saturated carbocycles. The molecule has 4 rings (SSSR count). The summed E-state index contributed by atoms with van der Waals surface area (Å²) in [5, 5.41) is 13.2. The SMILES string of the molecule is COCCN1C(=S)N[C@H](c2ccccn2)[C@@H]1c1ccc(-c2ccc(C(=O)O)cc2C)o1. The van der Waals surface area contributed by atoms with Crippen LogP contribution in [0.4, 0.5) is 0 Å². The number of furan rings is 1. The van der Waals surface area contributed by atoms with E-state index < -0.39 is 5.97 Å². The van der Waals surface area contributed by atoms with E-state index in [0.717, 1.165) is 22.6 Å². The molecule has 2 aromatic heterocycles. The number of nitrogens with one attached hydrogen (secondary N) is 1. The number of aryl methyl sites for hydroxylation is 1. The lowest BCUT2D eigenvalue weighted by Crippen LogP contribution is -2.32. The van der Waals surface area contributed by atoms with Gasteiger partial charge in [-0.3, -0.25) is 4.98 Å². The van der Waals surface area contributed by atoms with Crippen LogP contribution >= 0.6 is 12.2 Å². The maximum Gasteiger partial charge on any atom is 0.335 e. The first-order valence-electron chi connectivity index (χ1n) is 9.90. The maximum absolute atomic E-state index is 11.2. The molecule has 31 heavy (non-hydrogen) atoms. The number of hydrogen-bond acceptors (Lipinski definition) is 5. The summed E-state index contributed by atoms with van der Waals surface area (Å²) in [6.07, 6.45) is 1.76. The molecule has 7 nitrogen and oxygen atoms in total. The molecule has 8 heteroatoms. The minimum atomic E-state index is -0.952. The second-order valence-electron chi connectivity index (χ2n) is 7.35. The number of pyridine rings is 1. The number of carboxylic acid groups (broad SMARTS) is 1. The third-order valence-corrected chi connectivity index (χ3v) is 5.74. The van der Waals surface area contributed by atoms with Crippen molar-refractivity contribution >= 4 is 23.3 Å². The standard InChI is InChI=1S/C23H23N3O4S/c1-14-13-15(22(27)28)6-7-16(14)18-8-9-19(30-18)21-20(17-5-3-4-10-24-17)25-23(31)26(21)11-12-29-2/h3-10,13,20-21H,11-12H2,1-2H3,(H,25,31)(H,27,28)/t20-,21+/m1/s1. The molecule has 2 N–H and O–H groups in total. The minimum Gasteiger partial charge on any atom is -0.478 e. The Balaban J connectivity index is 1.71. The molecule has 0 radical (unpaired) electrons. The average molecular weight is 438 g/mol. The van der Waals surface area contributed by atoms with Gasteiger partial charge in [-0.2, -0.15) is 0 Å². The van der Waals surface area contributed by atoms with Crippen LogP contribution in [-0.2, 0) is 4.74 Å². The van der Waals surface area contributed by atoms with E-state index in [0.29, 0.717) is 24.0 Å². The highest BCUT2D eigenvalue weighted by atomic mass is 32.1. The molecule has 3 heterocycles. The Morgan fingerprint density at radius 1 is 1.29 bits per heavy atom. The van der Waals surface area contributed by atoms with E-state index in [2.05, 4.69) is 15.2 Å². The van der Waals surface area contributed by atoms with Gasteiger partial charge in [-0.25, -0.2) is 4.79 Å². The Labute approximate surface area is 185 Å². The monoisotopic (exact) mass is 437 g/mol. The zero-order valence-corrected chi connectivity index (χ0v) is 18.1. The molecular formula is C23H23N3O4S. The van der Waals surface area contributed by atoms with Crippen molar-refractivity contribution in [1.29, 1.82) is 0 Å². The van der Waals surface area contributed by atoms with Gasteiger partial charge in [-0.05, 0) is 61.1 Å². The molecule has 0 spiro atoms. The summed E-state index contributed by atoms with van der Waals surface area (Å²) in [6, 6.07) is 14.3. The minimum absolute atomic E-state index is 0.167. The lowest BCUT2D eigenvalue weighted by Gasteiger charge is -2.25. The molecule has 160 valence electrons. The van der Waals surface area contributed by atoms with Crippen LogP contribution in [0.3, 0.4) is 0 Å². The van der Waals surface area contributed by atoms with Crippen LogP contribution in [0.15, 0.2) is 59.1 Å². The Bertz CT molecular complexity index is 1100. The van der Waals surface area contributed by atoms with Crippen molar-refractivity contribution in [3.63, 3.8) is 0 Å². The third kappa shape index (κ3) is 4.17. The first-order valence-corrected chi connectivity index (χ1v) is 10.3. The van der Waals surface area contributed by atoms with Crippen molar-refractivity contribution < 1.29 is 19.1 Å². The lowest BCUT2D eigenvalue weighted by atomic mass is 10.0. The lowest BCUT2D eigenvalue weighted by molar-refractivity contribution is 0.0696. The number of benzene rings is 1. The first kappa shape index (κ1) is 21.0. The van der Waals surface area contributed by atoms with Gasteiger partial charge >= 0.3 is 5.97 Å². The topological polar surface area (TPSA) is 87.8 Å². The highest BCUT2D eigenvalue weighted by Crippen LogP contribution is 2.40. The molecule has 1 fully saturated rings. The van der Waals surface area contributed by atoms with Crippen molar-refractivity contribution in [2.75, 3.05) is 20.3 Å². The highest BCUT2D eigenvalue weighted by Gasteiger charge is 2.41. The van der Waals surface area contributed by atoms with E-state index in [-0.39, 0.29) is 17.6 Å². The molecule has 3 aromatic rings. The largest absolute Gasteiger partial charge is 0.478 e. The maximum atomic E-state index is 11.2. The Morgan fingerprint density at radius 2 is 2.13 bits per heavy atom. The second-order valence-corrected chi connectivity index (χ2v) is 7.74. The second kappa shape index (κ2) is 8.87. The van der Waals surface area contributed by atoms with Crippen LogP contribution in [0.25, 0.3) is 11.3 Å². The van der Waals surface area contributed by atoms with Gasteiger partial charge < -0.3 is 24.5 Å². The van der Waals surface area contributed by atoms with Crippen molar-refractivity contribution in [3.8, 4) is 11.3 Å². The van der Waals surface area contributed by atoms with Gasteiger partial charge in [0.25, 0.3) is 0 Å². The van der Waals surface area contributed by atoms with Gasteiger partial charge in [0, 0.05) is 25.4 Å². The Morgan fingerprint density at radius 3 is 2.81 bits per heavy atom. The van der Waals surface area contributed by atoms with Crippen LogP contribution < -0.4 is 5.32 Å². The van der Waals surface area contributed by atoms with Gasteiger partial charge in [0.2, 0.25) is 0 Å². The van der Waals surface area contributed by atoms with Crippen molar-refractivity contribution in [3.05, 3.63) is 77.3 Å². The zero-order valence-electron chi connectivity index (χ0n) is 17.2. The summed E-state index contributed by atoms with van der Waals surface area (Å²) in [7, 11) is 1.66. The summed E-state index contributed by atoms with van der Waals surface area (Å²) in [5.74, 6) is 0.469. The fourth-order valence-electron chi connectivity index (χ4n) is 3.87. The number of thiocarbonyl (C=S) groups is 1. The number of nitrogens with zero attached hydrogens (tertiary/aromatic N) is 2. The fourth-order valence-corrected chi connectivity index (χ4v) is 4.21. The zero-order chi connectivity index (χ0) is 22.0. The first-order chi connectivity index (χ1) is 15.0. The number of carbonyl (C=O) groups is 1. The van der Waals surface area contributed by atoms with Gasteiger partial charge in [0.1, 0.15) is 17.6 Å². The fraction of sp³-hybridized carbons (Fsp3) is 0.261. The third-order valence-electron chi connectivity index (χ3n) is 5.39. The smallest absolute Gasteiger partial charge is 0.335 e. The Hall–Kier alpha value is -3.23. The predicted molar refractivity (Wildman–Crippen MR) is 120 cm³/mol. The van der Waals surface area contributed by atoms with Crippen LogP contribution in [0.5, 0.6) is 0 Å². The summed E-state index contributed by atoms with van der Waals surface area (Å²) < 4.78 is 11.6. The Kier molecular flexibility index (Phi) is 6.01. The van der Waals surface area contributed by atoms with Crippen LogP contribution in [-0.4, -0.2) is 46.3 Å². The molecule has 0 aliphatic carbocycles. The number of carboxylic acids is 1. The van der Waals surface area contributed by atoms with E-state index in [4.69, 9.17) is 21.4 Å². The molecule has 0 amide bonds. The molecule has 2 atom stereocenters. The molecule has 1 aliphatic heterocycles. The summed E-state index contributed by atoms with van der Waals surface area (Å²) in [4.78, 5) is 17.8. The summed E-state index contributed by atoms with van der Waals surface area (Å²) >= 11 is 5.60. The van der Waals surface area contributed by atoms with E-state index in [1.54, 1.807) is 31.5 Å². The quantitative estimate of drug-likeness (QED) is 0.537. The summed E-state index contributed by atoms with van der Waals surface area (Å²) in [5.41, 5.74) is 2.80. The van der Waals surface area contributed by atoms with E-state index in [9.17, 15) is 9.90 Å². The molecule has 1 saturated heterocycles. The number of ether oxygens (including phenoxy) is 1. The molecule has 1 aromatic carbocycles. The van der Waals surface area contributed by atoms with Gasteiger partial charge in [-0.1, -0.05) is 12.1 Å². The number of hydrogen-bond donors (Lipinski definition) is 2. The van der Waals surface area contributed by atoms with Crippen LogP contribution in [0.1, 0.15) is 39.5 Å². The average Bonchev–Trinajstić information content (AvgIpc) is 3.37.